The number of rotatable bonds is 5. The van der Waals surface area contributed by atoms with Crippen molar-refractivity contribution in [1.29, 1.82) is 0 Å². The summed E-state index contributed by atoms with van der Waals surface area (Å²) in [6, 6.07) is 0.573. The summed E-state index contributed by atoms with van der Waals surface area (Å²) in [5.41, 5.74) is 2.06. The summed E-state index contributed by atoms with van der Waals surface area (Å²) in [5.74, 6) is 0.836. The molecular weight excluding hydrogens is 246 g/mol. The van der Waals surface area contributed by atoms with Crippen LogP contribution >= 0.6 is 11.6 Å². The van der Waals surface area contributed by atoms with Gasteiger partial charge in [0.2, 0.25) is 0 Å². The smallest absolute Gasteiger partial charge is 0.0860 e. The molecule has 1 fully saturated rings. The summed E-state index contributed by atoms with van der Waals surface area (Å²) < 4.78 is 2.01. The number of nitrogens with zero attached hydrogens (tertiary/aromatic N) is 2. The van der Waals surface area contributed by atoms with Gasteiger partial charge in [0.05, 0.1) is 16.4 Å². The molecular formula is C14H24ClN3. The number of nitrogens with one attached hydrogen (secondary N) is 1. The van der Waals surface area contributed by atoms with E-state index >= 15 is 0 Å². The monoisotopic (exact) mass is 269 g/mol. The van der Waals surface area contributed by atoms with E-state index in [1.54, 1.807) is 0 Å². The number of aromatic nitrogens is 2. The molecule has 1 atom stereocenters. The maximum atomic E-state index is 6.31. The van der Waals surface area contributed by atoms with E-state index in [1.807, 2.05) is 11.6 Å². The lowest BCUT2D eigenvalue weighted by Crippen LogP contribution is -2.32. The largest absolute Gasteiger partial charge is 0.308 e. The van der Waals surface area contributed by atoms with Crippen molar-refractivity contribution in [2.75, 3.05) is 0 Å². The molecule has 18 heavy (non-hydrogen) atoms. The van der Waals surface area contributed by atoms with Crippen LogP contribution in [0.5, 0.6) is 0 Å². The highest BCUT2D eigenvalue weighted by Gasteiger charge is 2.22. The SMILES string of the molecule is CCn1nc(C)c(Cl)c1CN[C@@H](C)C1CCCC1. The van der Waals surface area contributed by atoms with Gasteiger partial charge in [-0.05, 0) is 39.5 Å². The first-order chi connectivity index (χ1) is 8.63. The first-order valence-electron chi connectivity index (χ1n) is 7.08. The average molecular weight is 270 g/mol. The van der Waals surface area contributed by atoms with E-state index in [0.29, 0.717) is 6.04 Å². The van der Waals surface area contributed by atoms with Gasteiger partial charge in [-0.15, -0.1) is 0 Å². The van der Waals surface area contributed by atoms with Crippen LogP contribution in [0.15, 0.2) is 0 Å². The average Bonchev–Trinajstić information content (AvgIpc) is 2.97. The minimum absolute atomic E-state index is 0.573. The van der Waals surface area contributed by atoms with Crippen LogP contribution in [-0.2, 0) is 13.1 Å². The molecule has 0 aromatic carbocycles. The van der Waals surface area contributed by atoms with Gasteiger partial charge >= 0.3 is 0 Å². The van der Waals surface area contributed by atoms with Crippen molar-refractivity contribution in [1.82, 2.24) is 15.1 Å². The summed E-state index contributed by atoms with van der Waals surface area (Å²) in [4.78, 5) is 0. The van der Waals surface area contributed by atoms with E-state index in [1.165, 1.54) is 25.7 Å². The number of hydrogen-bond acceptors (Lipinski definition) is 2. The molecule has 0 unspecified atom stereocenters. The predicted octanol–water partition coefficient (Wildman–Crippen LogP) is 3.53. The second kappa shape index (κ2) is 6.07. The van der Waals surface area contributed by atoms with Gasteiger partial charge in [-0.2, -0.15) is 5.10 Å². The lowest BCUT2D eigenvalue weighted by atomic mass is 10.00. The van der Waals surface area contributed by atoms with Crippen LogP contribution < -0.4 is 5.32 Å². The van der Waals surface area contributed by atoms with E-state index in [-0.39, 0.29) is 0 Å². The van der Waals surface area contributed by atoms with Crippen molar-refractivity contribution >= 4 is 11.6 Å². The van der Waals surface area contributed by atoms with Crippen molar-refractivity contribution in [3.05, 3.63) is 16.4 Å². The topological polar surface area (TPSA) is 29.9 Å². The van der Waals surface area contributed by atoms with Crippen molar-refractivity contribution in [3.8, 4) is 0 Å². The summed E-state index contributed by atoms with van der Waals surface area (Å²) in [5, 5.41) is 8.90. The Balaban J connectivity index is 1.96. The Morgan fingerprint density at radius 3 is 2.72 bits per heavy atom. The summed E-state index contributed by atoms with van der Waals surface area (Å²) in [6.45, 7) is 8.07. The van der Waals surface area contributed by atoms with Gasteiger partial charge < -0.3 is 5.32 Å². The molecule has 1 saturated carbocycles. The molecule has 0 bridgehead atoms. The quantitative estimate of drug-likeness (QED) is 0.886. The fourth-order valence-electron chi connectivity index (χ4n) is 2.92. The Bertz CT molecular complexity index is 394. The van der Waals surface area contributed by atoms with Crippen LogP contribution in [0.3, 0.4) is 0 Å². The van der Waals surface area contributed by atoms with E-state index in [4.69, 9.17) is 11.6 Å². The molecule has 0 spiro atoms. The second-order valence-electron chi connectivity index (χ2n) is 5.38. The van der Waals surface area contributed by atoms with Crippen LogP contribution in [0.4, 0.5) is 0 Å². The molecule has 1 aromatic heterocycles. The van der Waals surface area contributed by atoms with Gasteiger partial charge in [-0.3, -0.25) is 4.68 Å². The minimum Gasteiger partial charge on any atom is -0.308 e. The fraction of sp³-hybridized carbons (Fsp3) is 0.786. The van der Waals surface area contributed by atoms with Crippen molar-refractivity contribution in [2.24, 2.45) is 5.92 Å². The lowest BCUT2D eigenvalue weighted by molar-refractivity contribution is 0.375. The van der Waals surface area contributed by atoms with Crippen LogP contribution in [0.25, 0.3) is 0 Å². The normalized spacial score (nSPS) is 18.4. The second-order valence-corrected chi connectivity index (χ2v) is 5.75. The number of halogens is 1. The van der Waals surface area contributed by atoms with Crippen LogP contribution in [0.2, 0.25) is 5.02 Å². The molecule has 102 valence electrons. The van der Waals surface area contributed by atoms with E-state index in [0.717, 1.165) is 35.4 Å². The molecule has 0 saturated heterocycles. The third-order valence-corrected chi connectivity index (χ3v) is 4.64. The van der Waals surface area contributed by atoms with Gasteiger partial charge in [0.25, 0.3) is 0 Å². The molecule has 1 N–H and O–H groups in total. The van der Waals surface area contributed by atoms with E-state index in [9.17, 15) is 0 Å². The highest BCUT2D eigenvalue weighted by Crippen LogP contribution is 2.28. The molecule has 1 aliphatic carbocycles. The third kappa shape index (κ3) is 2.89. The summed E-state index contributed by atoms with van der Waals surface area (Å²) in [6.07, 6.45) is 5.52. The first kappa shape index (κ1) is 13.9. The van der Waals surface area contributed by atoms with E-state index in [2.05, 4.69) is 24.3 Å². The van der Waals surface area contributed by atoms with Gasteiger partial charge in [0.1, 0.15) is 0 Å². The van der Waals surface area contributed by atoms with Gasteiger partial charge in [0, 0.05) is 19.1 Å². The minimum atomic E-state index is 0.573. The zero-order valence-electron chi connectivity index (χ0n) is 11.7. The van der Waals surface area contributed by atoms with Gasteiger partial charge in [-0.25, -0.2) is 0 Å². The van der Waals surface area contributed by atoms with Gasteiger partial charge in [-0.1, -0.05) is 24.4 Å². The number of hydrogen-bond donors (Lipinski definition) is 1. The molecule has 3 nitrogen and oxygen atoms in total. The van der Waals surface area contributed by atoms with Crippen LogP contribution in [0, 0.1) is 12.8 Å². The molecule has 0 radical (unpaired) electrons. The summed E-state index contributed by atoms with van der Waals surface area (Å²) in [7, 11) is 0. The Labute approximate surface area is 115 Å². The van der Waals surface area contributed by atoms with Crippen molar-refractivity contribution < 1.29 is 0 Å². The molecule has 1 aromatic rings. The third-order valence-electron chi connectivity index (χ3n) is 4.15. The van der Waals surface area contributed by atoms with Crippen LogP contribution in [-0.4, -0.2) is 15.8 Å². The molecule has 1 heterocycles. The maximum absolute atomic E-state index is 6.31. The Kier molecular flexibility index (Phi) is 4.68. The standard InChI is InChI=1S/C14H24ClN3/c1-4-18-13(14(15)11(3)17-18)9-16-10(2)12-7-5-6-8-12/h10,12,16H,4-9H2,1-3H3/t10-/m0/s1. The lowest BCUT2D eigenvalue weighted by Gasteiger charge is -2.20. The Hall–Kier alpha value is -0.540. The van der Waals surface area contributed by atoms with Gasteiger partial charge in [0.15, 0.2) is 0 Å². The highest BCUT2D eigenvalue weighted by atomic mass is 35.5. The Morgan fingerprint density at radius 2 is 2.11 bits per heavy atom. The molecule has 1 aliphatic rings. The molecule has 0 amide bonds. The maximum Gasteiger partial charge on any atom is 0.0860 e. The van der Waals surface area contributed by atoms with Crippen LogP contribution in [0.1, 0.15) is 50.9 Å². The molecule has 4 heteroatoms. The highest BCUT2D eigenvalue weighted by molar-refractivity contribution is 6.31. The summed E-state index contributed by atoms with van der Waals surface area (Å²) >= 11 is 6.31. The molecule has 0 aliphatic heterocycles. The van der Waals surface area contributed by atoms with Crippen molar-refractivity contribution in [2.45, 2.75) is 65.6 Å². The zero-order valence-corrected chi connectivity index (χ0v) is 12.4. The van der Waals surface area contributed by atoms with Crippen molar-refractivity contribution in [3.63, 3.8) is 0 Å². The fourth-order valence-corrected chi connectivity index (χ4v) is 3.12. The first-order valence-corrected chi connectivity index (χ1v) is 7.46. The zero-order chi connectivity index (χ0) is 13.1. The van der Waals surface area contributed by atoms with E-state index < -0.39 is 0 Å². The Morgan fingerprint density at radius 1 is 1.44 bits per heavy atom. The molecule has 2 rings (SSSR count). The predicted molar refractivity (Wildman–Crippen MR) is 75.9 cm³/mol. The number of aryl methyl sites for hydroxylation is 2.